The minimum absolute atomic E-state index is 0.164. The van der Waals surface area contributed by atoms with E-state index in [1.165, 1.54) is 0 Å². The topological polar surface area (TPSA) is 46.9 Å². The fraction of sp³-hybridized carbons (Fsp3) is 0.500. The molecule has 1 unspecified atom stereocenters. The molecule has 0 aromatic carbocycles. The van der Waals surface area contributed by atoms with Gasteiger partial charge in [0.1, 0.15) is 5.38 Å². The number of rotatable bonds is 3. The molecule has 1 amide bonds. The fourth-order valence-corrected chi connectivity index (χ4v) is 0.970. The summed E-state index contributed by atoms with van der Waals surface area (Å²) >= 11 is 5.57. The molecule has 1 aromatic heterocycles. The Morgan fingerprint density at radius 3 is 3.00 bits per heavy atom. The molecule has 0 saturated carbocycles. The highest BCUT2D eigenvalue weighted by Gasteiger charge is 2.08. The first-order valence-corrected chi connectivity index (χ1v) is 4.43. The van der Waals surface area contributed by atoms with E-state index in [1.807, 2.05) is 13.1 Å². The summed E-state index contributed by atoms with van der Waals surface area (Å²) in [5, 5.41) is 6.17. The van der Waals surface area contributed by atoms with Crippen molar-refractivity contribution >= 4 is 17.5 Å². The standard InChI is InChI=1S/C8H12ClN3O/c1-6(9)8(13)10-5-7-3-4-11-12(7)2/h3-4,6H,5H2,1-2H3,(H,10,13). The number of carbonyl (C=O) groups is 1. The summed E-state index contributed by atoms with van der Waals surface area (Å²) in [6.45, 7) is 2.10. The Labute approximate surface area is 81.9 Å². The molecule has 1 aromatic rings. The first-order chi connectivity index (χ1) is 6.11. The zero-order chi connectivity index (χ0) is 9.84. The van der Waals surface area contributed by atoms with Crippen molar-refractivity contribution in [2.45, 2.75) is 18.8 Å². The van der Waals surface area contributed by atoms with Gasteiger partial charge in [0.2, 0.25) is 5.91 Å². The van der Waals surface area contributed by atoms with Crippen molar-refractivity contribution in [2.24, 2.45) is 7.05 Å². The second-order valence-corrected chi connectivity index (χ2v) is 3.43. The molecule has 4 nitrogen and oxygen atoms in total. The first kappa shape index (κ1) is 10.1. The van der Waals surface area contributed by atoms with Crippen LogP contribution in [0.2, 0.25) is 0 Å². The van der Waals surface area contributed by atoms with Gasteiger partial charge in [-0.3, -0.25) is 9.48 Å². The number of nitrogens with one attached hydrogen (secondary N) is 1. The molecular weight excluding hydrogens is 190 g/mol. The minimum Gasteiger partial charge on any atom is -0.349 e. The van der Waals surface area contributed by atoms with Crippen LogP contribution in [0.15, 0.2) is 12.3 Å². The number of nitrogens with zero attached hydrogens (tertiary/aromatic N) is 2. The van der Waals surface area contributed by atoms with Crippen molar-refractivity contribution in [2.75, 3.05) is 0 Å². The second-order valence-electron chi connectivity index (χ2n) is 2.78. The van der Waals surface area contributed by atoms with Crippen molar-refractivity contribution in [3.05, 3.63) is 18.0 Å². The number of carbonyl (C=O) groups excluding carboxylic acids is 1. The maximum atomic E-state index is 11.1. The molecule has 1 heterocycles. The largest absolute Gasteiger partial charge is 0.349 e. The van der Waals surface area contributed by atoms with Gasteiger partial charge in [-0.05, 0) is 13.0 Å². The van der Waals surface area contributed by atoms with Crippen molar-refractivity contribution < 1.29 is 4.79 Å². The highest BCUT2D eigenvalue weighted by atomic mass is 35.5. The lowest BCUT2D eigenvalue weighted by atomic mass is 10.4. The van der Waals surface area contributed by atoms with Gasteiger partial charge in [-0.25, -0.2) is 0 Å². The predicted octanol–water partition coefficient (Wildman–Crippen LogP) is 0.664. The number of aryl methyl sites for hydroxylation is 1. The van der Waals surface area contributed by atoms with Gasteiger partial charge >= 0.3 is 0 Å². The van der Waals surface area contributed by atoms with E-state index in [0.29, 0.717) is 6.54 Å². The van der Waals surface area contributed by atoms with E-state index in [0.717, 1.165) is 5.69 Å². The lowest BCUT2D eigenvalue weighted by Crippen LogP contribution is -2.29. The van der Waals surface area contributed by atoms with Gasteiger partial charge in [-0.1, -0.05) is 0 Å². The lowest BCUT2D eigenvalue weighted by molar-refractivity contribution is -0.120. The first-order valence-electron chi connectivity index (χ1n) is 4.00. The van der Waals surface area contributed by atoms with E-state index < -0.39 is 5.38 Å². The van der Waals surface area contributed by atoms with Crippen molar-refractivity contribution in [3.8, 4) is 0 Å². The van der Waals surface area contributed by atoms with Crippen LogP contribution in [-0.4, -0.2) is 21.1 Å². The van der Waals surface area contributed by atoms with Gasteiger partial charge in [0.15, 0.2) is 0 Å². The van der Waals surface area contributed by atoms with Crippen LogP contribution in [0.5, 0.6) is 0 Å². The van der Waals surface area contributed by atoms with Gasteiger partial charge < -0.3 is 5.32 Å². The van der Waals surface area contributed by atoms with E-state index in [1.54, 1.807) is 17.8 Å². The molecule has 1 rings (SSSR count). The van der Waals surface area contributed by atoms with Gasteiger partial charge in [0, 0.05) is 13.2 Å². The number of aromatic nitrogens is 2. The molecule has 0 spiro atoms. The molecular formula is C8H12ClN3O. The minimum atomic E-state index is -0.492. The van der Waals surface area contributed by atoms with Crippen LogP contribution in [0.3, 0.4) is 0 Å². The molecule has 0 aliphatic heterocycles. The van der Waals surface area contributed by atoms with Gasteiger partial charge in [-0.15, -0.1) is 11.6 Å². The lowest BCUT2D eigenvalue weighted by Gasteiger charge is -2.06. The zero-order valence-corrected chi connectivity index (χ0v) is 8.38. The Kier molecular flexibility index (Phi) is 3.31. The molecule has 0 saturated heterocycles. The van der Waals surface area contributed by atoms with Crippen molar-refractivity contribution in [1.29, 1.82) is 0 Å². The highest BCUT2D eigenvalue weighted by Crippen LogP contribution is 1.97. The summed E-state index contributed by atoms with van der Waals surface area (Å²) in [6, 6.07) is 1.85. The smallest absolute Gasteiger partial charge is 0.238 e. The third kappa shape index (κ3) is 2.73. The Morgan fingerprint density at radius 1 is 1.85 bits per heavy atom. The van der Waals surface area contributed by atoms with Crippen LogP contribution in [-0.2, 0) is 18.4 Å². The maximum Gasteiger partial charge on any atom is 0.238 e. The highest BCUT2D eigenvalue weighted by molar-refractivity contribution is 6.30. The van der Waals surface area contributed by atoms with Gasteiger partial charge in [0.05, 0.1) is 12.2 Å². The second kappa shape index (κ2) is 4.28. The van der Waals surface area contributed by atoms with E-state index in [9.17, 15) is 4.79 Å². The Hall–Kier alpha value is -1.03. The third-order valence-electron chi connectivity index (χ3n) is 1.73. The molecule has 0 aliphatic carbocycles. The average molecular weight is 202 g/mol. The summed E-state index contributed by atoms with van der Waals surface area (Å²) in [5.41, 5.74) is 0.950. The quantitative estimate of drug-likeness (QED) is 0.731. The fourth-order valence-electron chi connectivity index (χ4n) is 0.893. The average Bonchev–Trinajstić information content (AvgIpc) is 2.47. The predicted molar refractivity (Wildman–Crippen MR) is 50.4 cm³/mol. The Balaban J connectivity index is 2.44. The monoisotopic (exact) mass is 201 g/mol. The van der Waals surface area contributed by atoms with Crippen molar-refractivity contribution in [3.63, 3.8) is 0 Å². The molecule has 0 fully saturated rings. The summed E-state index contributed by atoms with van der Waals surface area (Å²) < 4.78 is 1.71. The molecule has 13 heavy (non-hydrogen) atoms. The Morgan fingerprint density at radius 2 is 2.54 bits per heavy atom. The van der Waals surface area contributed by atoms with Gasteiger partial charge in [-0.2, -0.15) is 5.10 Å². The molecule has 1 N–H and O–H groups in total. The summed E-state index contributed by atoms with van der Waals surface area (Å²) in [6.07, 6.45) is 1.69. The number of hydrogen-bond donors (Lipinski definition) is 1. The molecule has 72 valence electrons. The zero-order valence-electron chi connectivity index (χ0n) is 7.62. The summed E-state index contributed by atoms with van der Waals surface area (Å²) in [4.78, 5) is 11.1. The van der Waals surface area contributed by atoms with Crippen molar-refractivity contribution in [1.82, 2.24) is 15.1 Å². The molecule has 1 atom stereocenters. The molecule has 0 radical (unpaired) electrons. The SMILES string of the molecule is CC(Cl)C(=O)NCc1ccnn1C. The summed E-state index contributed by atoms with van der Waals surface area (Å²) in [7, 11) is 1.83. The van der Waals surface area contributed by atoms with Crippen LogP contribution >= 0.6 is 11.6 Å². The normalized spacial score (nSPS) is 12.5. The van der Waals surface area contributed by atoms with Crippen LogP contribution in [0.1, 0.15) is 12.6 Å². The van der Waals surface area contributed by atoms with E-state index in [2.05, 4.69) is 10.4 Å². The number of amides is 1. The third-order valence-corrected chi connectivity index (χ3v) is 1.93. The Bertz CT molecular complexity index is 295. The molecule has 5 heteroatoms. The van der Waals surface area contributed by atoms with Crippen LogP contribution in [0, 0.1) is 0 Å². The number of hydrogen-bond acceptors (Lipinski definition) is 2. The van der Waals surface area contributed by atoms with Crippen LogP contribution in [0.4, 0.5) is 0 Å². The van der Waals surface area contributed by atoms with Gasteiger partial charge in [0.25, 0.3) is 0 Å². The number of alkyl halides is 1. The van der Waals surface area contributed by atoms with Crippen LogP contribution in [0.25, 0.3) is 0 Å². The van der Waals surface area contributed by atoms with Crippen LogP contribution < -0.4 is 5.32 Å². The van der Waals surface area contributed by atoms with E-state index in [-0.39, 0.29) is 5.91 Å². The maximum absolute atomic E-state index is 11.1. The molecule has 0 aliphatic rings. The molecule has 0 bridgehead atoms. The van der Waals surface area contributed by atoms with E-state index in [4.69, 9.17) is 11.6 Å². The van der Waals surface area contributed by atoms with E-state index >= 15 is 0 Å². The number of halogens is 1. The summed E-state index contributed by atoms with van der Waals surface area (Å²) in [5.74, 6) is -0.164.